The topological polar surface area (TPSA) is 37.3 Å². The van der Waals surface area contributed by atoms with E-state index in [1.165, 1.54) is 0 Å². The number of hydrogen-bond donors (Lipinski definition) is 1. The second-order valence-corrected chi connectivity index (χ2v) is 3.77. The number of carbonyl (C=O) groups is 1. The Kier molecular flexibility index (Phi) is 2.61. The van der Waals surface area contributed by atoms with Crippen molar-refractivity contribution in [2.45, 2.75) is 18.6 Å². The molecule has 0 aromatic heterocycles. The SMILES string of the molecule is CC1CC=C(C#CC(=O)O)S1. The van der Waals surface area contributed by atoms with Crippen LogP contribution in [0.25, 0.3) is 0 Å². The van der Waals surface area contributed by atoms with Crippen LogP contribution in [0.4, 0.5) is 0 Å². The normalized spacial score (nSPS) is 21.9. The summed E-state index contributed by atoms with van der Waals surface area (Å²) in [6, 6.07) is 0. The van der Waals surface area contributed by atoms with Gasteiger partial charge in [-0.1, -0.05) is 13.0 Å². The molecule has 0 radical (unpaired) electrons. The van der Waals surface area contributed by atoms with E-state index in [-0.39, 0.29) is 0 Å². The van der Waals surface area contributed by atoms with Crippen LogP contribution in [0.15, 0.2) is 11.0 Å². The number of hydrogen-bond acceptors (Lipinski definition) is 2. The number of aliphatic carboxylic acids is 1. The molecule has 1 atom stereocenters. The smallest absolute Gasteiger partial charge is 0.382 e. The molecule has 0 aliphatic carbocycles. The largest absolute Gasteiger partial charge is 0.472 e. The highest BCUT2D eigenvalue weighted by molar-refractivity contribution is 8.04. The fourth-order valence-corrected chi connectivity index (χ4v) is 1.71. The van der Waals surface area contributed by atoms with E-state index in [4.69, 9.17) is 5.11 Å². The van der Waals surface area contributed by atoms with Gasteiger partial charge in [-0.2, -0.15) is 0 Å². The number of allylic oxidation sites excluding steroid dienone is 2. The van der Waals surface area contributed by atoms with E-state index in [2.05, 4.69) is 18.8 Å². The lowest BCUT2D eigenvalue weighted by atomic mass is 10.3. The van der Waals surface area contributed by atoms with Crippen molar-refractivity contribution in [3.05, 3.63) is 11.0 Å². The first-order valence-corrected chi connectivity index (χ1v) is 4.18. The van der Waals surface area contributed by atoms with Crippen LogP contribution in [0.5, 0.6) is 0 Å². The first kappa shape index (κ1) is 8.22. The maximum absolute atomic E-state index is 10.0. The van der Waals surface area contributed by atoms with E-state index in [1.807, 2.05) is 6.08 Å². The van der Waals surface area contributed by atoms with Crippen molar-refractivity contribution in [3.8, 4) is 11.8 Å². The average Bonchev–Trinajstić information content (AvgIpc) is 2.31. The van der Waals surface area contributed by atoms with Crippen molar-refractivity contribution < 1.29 is 9.90 Å². The van der Waals surface area contributed by atoms with Crippen LogP contribution >= 0.6 is 11.8 Å². The number of carboxylic acids is 1. The molecular formula is C8H8O2S. The minimum absolute atomic E-state index is 0.549. The molecule has 0 amide bonds. The lowest BCUT2D eigenvalue weighted by molar-refractivity contribution is -0.130. The third-order valence-corrected chi connectivity index (χ3v) is 2.37. The van der Waals surface area contributed by atoms with Gasteiger partial charge in [-0.3, -0.25) is 0 Å². The Balaban J connectivity index is 2.54. The van der Waals surface area contributed by atoms with Crippen LogP contribution in [-0.2, 0) is 4.79 Å². The summed E-state index contributed by atoms with van der Waals surface area (Å²) in [5.41, 5.74) is 0. The lowest BCUT2D eigenvalue weighted by Crippen LogP contribution is -1.87. The monoisotopic (exact) mass is 168 g/mol. The van der Waals surface area contributed by atoms with Crippen LogP contribution in [0.2, 0.25) is 0 Å². The standard InChI is InChI=1S/C8H8O2S/c1-6-2-3-7(11-6)4-5-8(9)10/h3,6H,2H2,1H3,(H,9,10). The Morgan fingerprint density at radius 3 is 3.09 bits per heavy atom. The Morgan fingerprint density at radius 2 is 2.64 bits per heavy atom. The second kappa shape index (κ2) is 3.49. The molecule has 2 nitrogen and oxygen atoms in total. The zero-order chi connectivity index (χ0) is 8.27. The molecule has 0 saturated carbocycles. The maximum Gasteiger partial charge on any atom is 0.382 e. The molecule has 1 unspecified atom stereocenters. The van der Waals surface area contributed by atoms with Gasteiger partial charge in [0.25, 0.3) is 0 Å². The van der Waals surface area contributed by atoms with Crippen LogP contribution < -0.4 is 0 Å². The molecule has 1 heterocycles. The van der Waals surface area contributed by atoms with Crippen LogP contribution in [-0.4, -0.2) is 16.3 Å². The molecule has 11 heavy (non-hydrogen) atoms. The highest BCUT2D eigenvalue weighted by Crippen LogP contribution is 2.30. The van der Waals surface area contributed by atoms with Gasteiger partial charge in [-0.15, -0.1) is 11.8 Å². The van der Waals surface area contributed by atoms with Crippen LogP contribution in [0.1, 0.15) is 13.3 Å². The predicted octanol–water partition coefficient (Wildman–Crippen LogP) is 1.48. The Hall–Kier alpha value is -0.880. The molecule has 0 bridgehead atoms. The van der Waals surface area contributed by atoms with E-state index in [0.717, 1.165) is 11.3 Å². The highest BCUT2D eigenvalue weighted by atomic mass is 32.2. The Labute approximate surface area is 69.7 Å². The molecule has 0 aromatic rings. The summed E-state index contributed by atoms with van der Waals surface area (Å²) in [5, 5.41) is 8.78. The minimum Gasteiger partial charge on any atom is -0.472 e. The molecule has 1 N–H and O–H groups in total. The first-order valence-electron chi connectivity index (χ1n) is 3.30. The van der Waals surface area contributed by atoms with Gasteiger partial charge in [0, 0.05) is 11.2 Å². The summed E-state index contributed by atoms with van der Waals surface area (Å²) in [7, 11) is 0. The lowest BCUT2D eigenvalue weighted by Gasteiger charge is -1.94. The molecule has 1 aliphatic rings. The summed E-state index contributed by atoms with van der Waals surface area (Å²) in [5.74, 6) is 3.61. The van der Waals surface area contributed by atoms with E-state index in [0.29, 0.717) is 5.25 Å². The van der Waals surface area contributed by atoms with E-state index >= 15 is 0 Å². The van der Waals surface area contributed by atoms with E-state index < -0.39 is 5.97 Å². The number of carboxylic acid groups (broad SMARTS) is 1. The fourth-order valence-electron chi connectivity index (χ4n) is 0.782. The van der Waals surface area contributed by atoms with Gasteiger partial charge in [0.1, 0.15) is 0 Å². The molecule has 3 heteroatoms. The van der Waals surface area contributed by atoms with E-state index in [9.17, 15) is 4.79 Å². The minimum atomic E-state index is -1.06. The van der Waals surface area contributed by atoms with Gasteiger partial charge in [0.15, 0.2) is 0 Å². The number of thioether (sulfide) groups is 1. The highest BCUT2D eigenvalue weighted by Gasteiger charge is 2.10. The van der Waals surface area contributed by atoms with Crippen molar-refractivity contribution in [3.63, 3.8) is 0 Å². The molecule has 0 fully saturated rings. The Morgan fingerprint density at radius 1 is 1.91 bits per heavy atom. The Bertz CT molecular complexity index is 257. The number of rotatable bonds is 0. The molecule has 0 aromatic carbocycles. The van der Waals surface area contributed by atoms with Crippen LogP contribution in [0, 0.1) is 11.8 Å². The molecule has 1 rings (SSSR count). The van der Waals surface area contributed by atoms with Gasteiger partial charge in [-0.25, -0.2) is 4.79 Å². The third kappa shape index (κ3) is 2.69. The van der Waals surface area contributed by atoms with Gasteiger partial charge >= 0.3 is 5.97 Å². The van der Waals surface area contributed by atoms with Crippen molar-refractivity contribution in [1.29, 1.82) is 0 Å². The van der Waals surface area contributed by atoms with E-state index in [1.54, 1.807) is 11.8 Å². The summed E-state index contributed by atoms with van der Waals surface area (Å²) >= 11 is 1.63. The first-order chi connectivity index (χ1) is 5.18. The van der Waals surface area contributed by atoms with Gasteiger partial charge < -0.3 is 5.11 Å². The third-order valence-electron chi connectivity index (χ3n) is 1.26. The summed E-state index contributed by atoms with van der Waals surface area (Å²) in [6.07, 6.45) is 2.97. The van der Waals surface area contributed by atoms with Crippen molar-refractivity contribution >= 4 is 17.7 Å². The summed E-state index contributed by atoms with van der Waals surface area (Å²) in [4.78, 5) is 10.9. The van der Waals surface area contributed by atoms with Crippen molar-refractivity contribution in [2.75, 3.05) is 0 Å². The maximum atomic E-state index is 10.0. The molecule has 0 spiro atoms. The zero-order valence-corrected chi connectivity index (χ0v) is 6.94. The van der Waals surface area contributed by atoms with Crippen molar-refractivity contribution in [1.82, 2.24) is 0 Å². The quantitative estimate of drug-likeness (QED) is 0.557. The second-order valence-electron chi connectivity index (χ2n) is 2.29. The molecule has 58 valence electrons. The van der Waals surface area contributed by atoms with Crippen LogP contribution in [0.3, 0.4) is 0 Å². The van der Waals surface area contributed by atoms with Gasteiger partial charge in [0.05, 0.1) is 4.91 Å². The molecular weight excluding hydrogens is 160 g/mol. The average molecular weight is 168 g/mol. The fraction of sp³-hybridized carbons (Fsp3) is 0.375. The summed E-state index contributed by atoms with van der Waals surface area (Å²) < 4.78 is 0. The molecule has 0 saturated heterocycles. The predicted molar refractivity (Wildman–Crippen MR) is 45.2 cm³/mol. The summed E-state index contributed by atoms with van der Waals surface area (Å²) in [6.45, 7) is 2.09. The van der Waals surface area contributed by atoms with Crippen molar-refractivity contribution in [2.24, 2.45) is 0 Å². The van der Waals surface area contributed by atoms with Gasteiger partial charge in [0.2, 0.25) is 0 Å². The zero-order valence-electron chi connectivity index (χ0n) is 6.13. The molecule has 1 aliphatic heterocycles. The van der Waals surface area contributed by atoms with Gasteiger partial charge in [-0.05, 0) is 12.3 Å².